The van der Waals surface area contributed by atoms with Gasteiger partial charge >= 0.3 is 5.97 Å². The van der Waals surface area contributed by atoms with Gasteiger partial charge in [0.15, 0.2) is 16.4 Å². The third kappa shape index (κ3) is 5.95. The van der Waals surface area contributed by atoms with E-state index in [9.17, 15) is 18.0 Å². The molecule has 1 unspecified atom stereocenters. The Morgan fingerprint density at radius 2 is 1.96 bits per heavy atom. The minimum absolute atomic E-state index is 0.00643. The van der Waals surface area contributed by atoms with Gasteiger partial charge in [0.1, 0.15) is 0 Å². The van der Waals surface area contributed by atoms with Gasteiger partial charge in [-0.25, -0.2) is 13.2 Å². The summed E-state index contributed by atoms with van der Waals surface area (Å²) in [4.78, 5) is 26.1. The number of carbonyl (C=O) groups is 2. The van der Waals surface area contributed by atoms with E-state index in [0.717, 1.165) is 16.4 Å². The Bertz CT molecular complexity index is 717. The number of halogens is 1. The van der Waals surface area contributed by atoms with Crippen molar-refractivity contribution in [2.45, 2.75) is 32.2 Å². The lowest BCUT2D eigenvalue weighted by molar-refractivity contribution is -0.136. The van der Waals surface area contributed by atoms with Gasteiger partial charge in [0.2, 0.25) is 0 Å². The van der Waals surface area contributed by atoms with Crippen molar-refractivity contribution in [2.75, 3.05) is 24.7 Å². The zero-order chi connectivity index (χ0) is 18.4. The molecule has 1 aromatic rings. The summed E-state index contributed by atoms with van der Waals surface area (Å²) in [6.45, 7) is 2.12. The molecular formula is C17H22INO5S. The number of amides is 1. The van der Waals surface area contributed by atoms with Crippen LogP contribution in [0, 0.1) is 3.57 Å². The van der Waals surface area contributed by atoms with Crippen molar-refractivity contribution in [3.05, 3.63) is 33.4 Å². The van der Waals surface area contributed by atoms with Crippen LogP contribution in [0.4, 0.5) is 0 Å². The van der Waals surface area contributed by atoms with Gasteiger partial charge in [-0.1, -0.05) is 13.3 Å². The minimum atomic E-state index is -3.08. The van der Waals surface area contributed by atoms with Crippen LogP contribution in [0.5, 0.6) is 0 Å². The highest BCUT2D eigenvalue weighted by Gasteiger charge is 2.34. The molecule has 1 atom stereocenters. The van der Waals surface area contributed by atoms with Gasteiger partial charge in [-0.2, -0.15) is 0 Å². The van der Waals surface area contributed by atoms with E-state index in [1.807, 2.05) is 6.92 Å². The Kier molecular flexibility index (Phi) is 7.24. The lowest BCUT2D eigenvalue weighted by Crippen LogP contribution is -2.43. The quantitative estimate of drug-likeness (QED) is 0.443. The second-order valence-corrected chi connectivity index (χ2v) is 9.55. The summed E-state index contributed by atoms with van der Waals surface area (Å²) in [6.07, 6.45) is 2.13. The number of unbranched alkanes of at least 4 members (excludes halogenated alkanes) is 1. The normalized spacial score (nSPS) is 18.7. The van der Waals surface area contributed by atoms with Gasteiger partial charge in [0, 0.05) is 16.2 Å². The van der Waals surface area contributed by atoms with Crippen LogP contribution in [0.2, 0.25) is 0 Å². The number of rotatable bonds is 7. The molecule has 0 aliphatic carbocycles. The highest BCUT2D eigenvalue weighted by molar-refractivity contribution is 14.1. The molecule has 6 nitrogen and oxygen atoms in total. The summed E-state index contributed by atoms with van der Waals surface area (Å²) in [5, 5.41) is 0. The highest BCUT2D eigenvalue weighted by Crippen LogP contribution is 2.19. The minimum Gasteiger partial charge on any atom is -0.452 e. The number of hydrogen-bond donors (Lipinski definition) is 0. The average molecular weight is 479 g/mol. The average Bonchev–Trinajstić information content (AvgIpc) is 2.93. The monoisotopic (exact) mass is 479 g/mol. The van der Waals surface area contributed by atoms with Crippen molar-refractivity contribution >= 4 is 44.3 Å². The van der Waals surface area contributed by atoms with E-state index in [2.05, 4.69) is 22.6 Å². The summed E-state index contributed by atoms with van der Waals surface area (Å²) in [6, 6.07) is 6.55. The third-order valence-electron chi connectivity index (χ3n) is 4.13. The topological polar surface area (TPSA) is 80.8 Å². The number of ether oxygens (including phenoxy) is 1. The number of hydrogen-bond acceptors (Lipinski definition) is 5. The van der Waals surface area contributed by atoms with Gasteiger partial charge in [0.25, 0.3) is 5.91 Å². The first-order chi connectivity index (χ1) is 11.8. The van der Waals surface area contributed by atoms with E-state index in [1.54, 1.807) is 29.2 Å². The number of nitrogens with zero attached hydrogens (tertiary/aromatic N) is 1. The molecule has 8 heteroatoms. The second kappa shape index (κ2) is 8.98. The zero-order valence-corrected chi connectivity index (χ0v) is 17.1. The van der Waals surface area contributed by atoms with Gasteiger partial charge in [-0.05, 0) is 59.7 Å². The Morgan fingerprint density at radius 1 is 1.28 bits per heavy atom. The van der Waals surface area contributed by atoms with Crippen LogP contribution in [0.1, 0.15) is 36.5 Å². The van der Waals surface area contributed by atoms with Gasteiger partial charge in [-0.3, -0.25) is 4.79 Å². The van der Waals surface area contributed by atoms with E-state index in [0.29, 0.717) is 18.5 Å². The lowest BCUT2D eigenvalue weighted by Gasteiger charge is -2.28. The first kappa shape index (κ1) is 20.2. The first-order valence-corrected chi connectivity index (χ1v) is 11.1. The van der Waals surface area contributed by atoms with Gasteiger partial charge < -0.3 is 9.64 Å². The van der Waals surface area contributed by atoms with E-state index in [-0.39, 0.29) is 30.1 Å². The lowest BCUT2D eigenvalue weighted by atomic mass is 10.2. The molecule has 0 saturated carbocycles. The summed E-state index contributed by atoms with van der Waals surface area (Å²) in [5.41, 5.74) is 0.386. The van der Waals surface area contributed by atoms with E-state index in [1.165, 1.54) is 0 Å². The molecule has 0 radical (unpaired) electrons. The molecular weight excluding hydrogens is 457 g/mol. The van der Waals surface area contributed by atoms with Gasteiger partial charge in [0.05, 0.1) is 17.1 Å². The van der Waals surface area contributed by atoms with E-state index < -0.39 is 15.8 Å². The summed E-state index contributed by atoms with van der Waals surface area (Å²) in [5.74, 6) is -0.794. The predicted octanol–water partition coefficient (Wildman–Crippen LogP) is 2.26. The van der Waals surface area contributed by atoms with Crippen LogP contribution in [0.25, 0.3) is 0 Å². The van der Waals surface area contributed by atoms with E-state index in [4.69, 9.17) is 4.74 Å². The van der Waals surface area contributed by atoms with Crippen LogP contribution in [-0.2, 0) is 19.4 Å². The Balaban J connectivity index is 1.96. The van der Waals surface area contributed by atoms with Crippen LogP contribution in [0.3, 0.4) is 0 Å². The first-order valence-electron chi connectivity index (χ1n) is 8.25. The van der Waals surface area contributed by atoms with Gasteiger partial charge in [-0.15, -0.1) is 0 Å². The fourth-order valence-electron chi connectivity index (χ4n) is 2.74. The molecule has 25 heavy (non-hydrogen) atoms. The van der Waals surface area contributed by atoms with Crippen molar-refractivity contribution in [3.8, 4) is 0 Å². The fraction of sp³-hybridized carbons (Fsp3) is 0.529. The smallest absolute Gasteiger partial charge is 0.338 e. The van der Waals surface area contributed by atoms with Crippen LogP contribution >= 0.6 is 22.6 Å². The Hall–Kier alpha value is -1.16. The maximum atomic E-state index is 12.5. The van der Waals surface area contributed by atoms with Crippen molar-refractivity contribution in [2.24, 2.45) is 0 Å². The highest BCUT2D eigenvalue weighted by atomic mass is 127. The molecule has 1 aliphatic rings. The molecule has 1 saturated heterocycles. The van der Waals surface area contributed by atoms with Crippen LogP contribution < -0.4 is 0 Å². The largest absolute Gasteiger partial charge is 0.452 e. The molecule has 1 amide bonds. The third-order valence-corrected chi connectivity index (χ3v) is 6.60. The molecule has 0 bridgehead atoms. The maximum absolute atomic E-state index is 12.5. The molecule has 138 valence electrons. The Morgan fingerprint density at radius 3 is 2.52 bits per heavy atom. The summed E-state index contributed by atoms with van der Waals surface area (Å²) in [7, 11) is -3.08. The molecule has 2 rings (SSSR count). The molecule has 1 aromatic carbocycles. The number of esters is 1. The molecule has 0 spiro atoms. The summed E-state index contributed by atoms with van der Waals surface area (Å²) >= 11 is 2.14. The summed E-state index contributed by atoms with van der Waals surface area (Å²) < 4.78 is 29.5. The Labute approximate surface area is 162 Å². The molecule has 1 fully saturated rings. The zero-order valence-electron chi connectivity index (χ0n) is 14.1. The van der Waals surface area contributed by atoms with Crippen molar-refractivity contribution in [1.29, 1.82) is 0 Å². The molecule has 0 aromatic heterocycles. The van der Waals surface area contributed by atoms with Crippen molar-refractivity contribution in [1.82, 2.24) is 4.90 Å². The molecule has 1 heterocycles. The fourth-order valence-corrected chi connectivity index (χ4v) is 4.83. The number of sulfone groups is 1. The standard InChI is InChI=1S/C17H22INO5S/c1-2-3-9-19(15-8-10-25(22,23)12-15)16(20)11-24-17(21)13-4-6-14(18)7-5-13/h4-7,15H,2-3,8-12H2,1H3. The predicted molar refractivity (Wildman–Crippen MR) is 103 cm³/mol. The molecule has 0 N–H and O–H groups in total. The molecule has 1 aliphatic heterocycles. The number of carbonyl (C=O) groups excluding carboxylic acids is 2. The van der Waals surface area contributed by atoms with Crippen molar-refractivity contribution < 1.29 is 22.7 Å². The van der Waals surface area contributed by atoms with E-state index >= 15 is 0 Å². The SMILES string of the molecule is CCCCN(C(=O)COC(=O)c1ccc(I)cc1)C1CCS(=O)(=O)C1. The second-order valence-electron chi connectivity index (χ2n) is 6.08. The van der Waals surface area contributed by atoms with Crippen LogP contribution in [0.15, 0.2) is 24.3 Å². The maximum Gasteiger partial charge on any atom is 0.338 e. The van der Waals surface area contributed by atoms with Crippen LogP contribution in [-0.4, -0.2) is 55.9 Å². The van der Waals surface area contributed by atoms with Crippen molar-refractivity contribution in [3.63, 3.8) is 0 Å². The number of benzene rings is 1.